The first-order valence-electron chi connectivity index (χ1n) is 11.1. The Morgan fingerprint density at radius 1 is 1.34 bits per heavy atom. The van der Waals surface area contributed by atoms with Gasteiger partial charge >= 0.3 is 0 Å². The number of amides is 1. The largest absolute Gasteiger partial charge is 0.362 e. The molecular weight excluding hydrogens is 384 g/mol. The Morgan fingerprint density at radius 2 is 2.21 bits per heavy atom. The molecule has 2 bridgehead atoms. The van der Waals surface area contributed by atoms with Crippen LogP contribution in [0.1, 0.15) is 62.4 Å². The molecule has 0 aromatic carbocycles. The molecule has 4 atom stereocenters. The summed E-state index contributed by atoms with van der Waals surface area (Å²) >= 11 is 1.78. The zero-order valence-electron chi connectivity index (χ0n) is 17.2. The van der Waals surface area contributed by atoms with Crippen LogP contribution < -0.4 is 5.32 Å². The number of hydrogen-bond acceptors (Lipinski definition) is 5. The third-order valence-corrected chi connectivity index (χ3v) is 8.48. The predicted octanol–water partition coefficient (Wildman–Crippen LogP) is 3.83. The first kappa shape index (κ1) is 19.5. The summed E-state index contributed by atoms with van der Waals surface area (Å²) in [5.41, 5.74) is 0.689. The van der Waals surface area contributed by atoms with Crippen LogP contribution in [0.4, 0.5) is 0 Å². The maximum absolute atomic E-state index is 12.5. The second-order valence-corrected chi connectivity index (χ2v) is 10.9. The summed E-state index contributed by atoms with van der Waals surface area (Å²) in [5, 5.41) is 4.84. The van der Waals surface area contributed by atoms with E-state index in [4.69, 9.17) is 4.74 Å². The number of carbonyl (C=O) groups excluding carboxylic acids is 1. The zero-order chi connectivity index (χ0) is 19.8. The summed E-state index contributed by atoms with van der Waals surface area (Å²) in [4.78, 5) is 21.9. The van der Waals surface area contributed by atoms with Crippen LogP contribution in [-0.4, -0.2) is 51.8 Å². The number of carbonyl (C=O) groups is 1. The van der Waals surface area contributed by atoms with E-state index in [-0.39, 0.29) is 10.8 Å². The van der Waals surface area contributed by atoms with Crippen molar-refractivity contribution in [2.45, 2.75) is 62.8 Å². The summed E-state index contributed by atoms with van der Waals surface area (Å²) in [5.74, 6) is 2.49. The summed E-state index contributed by atoms with van der Waals surface area (Å²) < 4.78 is 6.11. The van der Waals surface area contributed by atoms with Crippen LogP contribution in [0.15, 0.2) is 23.3 Å². The number of nitrogens with one attached hydrogen (secondary N) is 2. The van der Waals surface area contributed by atoms with E-state index in [1.165, 1.54) is 25.7 Å². The van der Waals surface area contributed by atoms with Crippen LogP contribution in [0.5, 0.6) is 0 Å². The van der Waals surface area contributed by atoms with Crippen LogP contribution in [0.3, 0.4) is 0 Å². The molecule has 0 spiro atoms. The number of hydrogen-bond donors (Lipinski definition) is 2. The van der Waals surface area contributed by atoms with Crippen LogP contribution in [-0.2, 0) is 4.74 Å². The highest BCUT2D eigenvalue weighted by Crippen LogP contribution is 2.45. The Morgan fingerprint density at radius 3 is 2.90 bits per heavy atom. The molecular formula is C22H32N4O2S. The van der Waals surface area contributed by atoms with Gasteiger partial charge < -0.3 is 19.9 Å². The van der Waals surface area contributed by atoms with E-state index < -0.39 is 0 Å². The molecule has 158 valence electrons. The van der Waals surface area contributed by atoms with Gasteiger partial charge in [0.2, 0.25) is 0 Å². The smallest absolute Gasteiger partial charge is 0.270 e. The maximum atomic E-state index is 12.5. The van der Waals surface area contributed by atoms with E-state index in [1.54, 1.807) is 11.8 Å². The van der Waals surface area contributed by atoms with Crippen molar-refractivity contribution in [2.24, 2.45) is 22.7 Å². The van der Waals surface area contributed by atoms with E-state index in [0.717, 1.165) is 49.4 Å². The van der Waals surface area contributed by atoms with E-state index in [1.807, 2.05) is 23.2 Å². The summed E-state index contributed by atoms with van der Waals surface area (Å²) in [6, 6.07) is 4.35. The molecule has 1 aromatic rings. The van der Waals surface area contributed by atoms with Crippen LogP contribution in [0.25, 0.3) is 0 Å². The monoisotopic (exact) mass is 416 g/mol. The Hall–Kier alpha value is -1.47. The van der Waals surface area contributed by atoms with Crippen molar-refractivity contribution in [3.8, 4) is 0 Å². The lowest BCUT2D eigenvalue weighted by Gasteiger charge is -2.39. The molecule has 29 heavy (non-hydrogen) atoms. The molecule has 3 heterocycles. The predicted molar refractivity (Wildman–Crippen MR) is 116 cm³/mol. The van der Waals surface area contributed by atoms with Crippen LogP contribution in [0, 0.1) is 17.8 Å². The molecule has 3 fully saturated rings. The summed E-state index contributed by atoms with van der Waals surface area (Å²) in [6.45, 7) is 4.32. The molecule has 5 rings (SSSR count). The first-order chi connectivity index (χ1) is 14.1. The Labute approximate surface area is 177 Å². The molecule has 2 aliphatic carbocycles. The molecule has 7 heteroatoms. The Kier molecular flexibility index (Phi) is 5.37. The second-order valence-electron chi connectivity index (χ2n) is 9.42. The first-order valence-corrected chi connectivity index (χ1v) is 12.0. The van der Waals surface area contributed by atoms with Crippen LogP contribution in [0.2, 0.25) is 0 Å². The van der Waals surface area contributed by atoms with Gasteiger partial charge in [-0.2, -0.15) is 0 Å². The van der Waals surface area contributed by atoms with Crippen molar-refractivity contribution in [2.75, 3.05) is 19.8 Å². The highest BCUT2D eigenvalue weighted by molar-refractivity contribution is 8.14. The molecule has 6 nitrogen and oxygen atoms in total. The van der Waals surface area contributed by atoms with E-state index >= 15 is 0 Å². The number of piperidine rings is 1. The third-order valence-electron chi connectivity index (χ3n) is 7.33. The molecule has 2 N–H and O–H groups in total. The van der Waals surface area contributed by atoms with E-state index in [9.17, 15) is 4.79 Å². The highest BCUT2D eigenvalue weighted by Gasteiger charge is 2.42. The quantitative estimate of drug-likeness (QED) is 0.783. The zero-order valence-corrected chi connectivity index (χ0v) is 18.0. The summed E-state index contributed by atoms with van der Waals surface area (Å²) in [6.07, 6.45) is 10.4. The van der Waals surface area contributed by atoms with Crippen molar-refractivity contribution >= 4 is 22.8 Å². The number of aromatic nitrogens is 1. The van der Waals surface area contributed by atoms with Gasteiger partial charge in [-0.15, -0.1) is 0 Å². The molecule has 1 amide bonds. The fourth-order valence-corrected chi connectivity index (χ4v) is 6.91. The highest BCUT2D eigenvalue weighted by atomic mass is 32.2. The number of amidine groups is 1. The fourth-order valence-electron chi connectivity index (χ4n) is 5.75. The van der Waals surface area contributed by atoms with E-state index in [0.29, 0.717) is 24.4 Å². The van der Waals surface area contributed by atoms with E-state index in [2.05, 4.69) is 22.2 Å². The van der Waals surface area contributed by atoms with Crippen molar-refractivity contribution < 1.29 is 9.53 Å². The second kappa shape index (κ2) is 7.99. The van der Waals surface area contributed by atoms with Crippen molar-refractivity contribution in [3.05, 3.63) is 24.0 Å². The Balaban J connectivity index is 1.12. The minimum absolute atomic E-state index is 0.118. The number of ether oxygens (including phenoxy) is 1. The van der Waals surface area contributed by atoms with Crippen molar-refractivity contribution in [3.63, 3.8) is 0 Å². The SMILES string of the molecule is CC1(CC2CCN(C(=O)c3ccc[nH]3)CC2)OCN=C(N[C@H]2C[C@@H]3CC[C@H]2C3)S1. The van der Waals surface area contributed by atoms with Gasteiger partial charge in [0, 0.05) is 25.3 Å². The molecule has 1 unspecified atom stereocenters. The normalized spacial score (nSPS) is 35.0. The minimum atomic E-state index is -0.224. The van der Waals surface area contributed by atoms with Gasteiger partial charge in [-0.3, -0.25) is 4.79 Å². The number of likely N-dealkylation sites (tertiary alicyclic amines) is 1. The molecule has 4 aliphatic rings. The number of fused-ring (bicyclic) bond motifs is 2. The molecule has 1 aromatic heterocycles. The standard InChI is InChI=1S/C22H32N4O2S/c1-22(13-15-6-9-26(10-7-15)20(27)18-3-2-8-23-18)28-14-24-21(29-22)25-19-12-16-4-5-17(19)11-16/h2-3,8,15-17,19,23H,4-7,9-14H2,1H3,(H,24,25)/t16-,17+,19+,22?/m1/s1. The molecule has 0 radical (unpaired) electrons. The molecule has 2 aliphatic heterocycles. The number of aromatic amines is 1. The van der Waals surface area contributed by atoms with Gasteiger partial charge in [-0.1, -0.05) is 18.2 Å². The topological polar surface area (TPSA) is 69.7 Å². The molecule has 2 saturated carbocycles. The van der Waals surface area contributed by atoms with Gasteiger partial charge in [0.25, 0.3) is 5.91 Å². The lowest BCUT2D eigenvalue weighted by atomic mass is 9.91. The van der Waals surface area contributed by atoms with Crippen molar-refractivity contribution in [1.29, 1.82) is 0 Å². The number of thioether (sulfide) groups is 1. The average molecular weight is 417 g/mol. The average Bonchev–Trinajstić information content (AvgIpc) is 3.46. The maximum Gasteiger partial charge on any atom is 0.270 e. The van der Waals surface area contributed by atoms with Crippen LogP contribution >= 0.6 is 11.8 Å². The third kappa shape index (κ3) is 4.22. The van der Waals surface area contributed by atoms with Crippen molar-refractivity contribution in [1.82, 2.24) is 15.2 Å². The number of H-pyrrole nitrogens is 1. The van der Waals surface area contributed by atoms with Gasteiger partial charge in [0.15, 0.2) is 5.17 Å². The number of aliphatic imine (C=N–C) groups is 1. The lowest BCUT2D eigenvalue weighted by Crippen LogP contribution is -2.44. The fraction of sp³-hybridized carbons (Fsp3) is 0.727. The van der Waals surface area contributed by atoms with Gasteiger partial charge in [-0.05, 0) is 75.3 Å². The lowest BCUT2D eigenvalue weighted by molar-refractivity contribution is 0.0160. The number of nitrogens with zero attached hydrogens (tertiary/aromatic N) is 2. The van der Waals surface area contributed by atoms with Gasteiger partial charge in [0.1, 0.15) is 17.4 Å². The number of rotatable bonds is 4. The van der Waals surface area contributed by atoms with Gasteiger partial charge in [-0.25, -0.2) is 4.99 Å². The molecule has 1 saturated heterocycles. The van der Waals surface area contributed by atoms with Gasteiger partial charge in [0.05, 0.1) is 0 Å². The Bertz CT molecular complexity index is 759. The minimum Gasteiger partial charge on any atom is -0.362 e. The summed E-state index contributed by atoms with van der Waals surface area (Å²) in [7, 11) is 0.